The van der Waals surface area contributed by atoms with Gasteiger partial charge >= 0.3 is 0 Å². The zero-order valence-electron chi connectivity index (χ0n) is 11.9. The van der Waals surface area contributed by atoms with Crippen molar-refractivity contribution in [2.75, 3.05) is 6.61 Å². The van der Waals surface area contributed by atoms with Crippen molar-refractivity contribution in [2.24, 2.45) is 5.84 Å². The van der Waals surface area contributed by atoms with Gasteiger partial charge in [0.1, 0.15) is 0 Å². The molecule has 0 saturated carbocycles. The zero-order chi connectivity index (χ0) is 13.6. The maximum Gasteiger partial charge on any atom is 0.0884 e. The van der Waals surface area contributed by atoms with Crippen LogP contribution in [0.4, 0.5) is 0 Å². The van der Waals surface area contributed by atoms with Crippen LogP contribution in [0.15, 0.2) is 18.3 Å². The van der Waals surface area contributed by atoms with Gasteiger partial charge in [-0.3, -0.25) is 16.3 Å². The Balaban J connectivity index is 3.08. The number of aromatic nitrogens is 1. The largest absolute Gasteiger partial charge is 0.373 e. The van der Waals surface area contributed by atoms with E-state index in [9.17, 15) is 0 Å². The van der Waals surface area contributed by atoms with E-state index in [1.54, 1.807) is 0 Å². The Morgan fingerprint density at radius 3 is 2.39 bits per heavy atom. The number of nitrogens with two attached hydrogens (primary N) is 1. The molecular formula is C14H25N3O. The minimum atomic E-state index is -0.277. The highest BCUT2D eigenvalue weighted by Gasteiger charge is 2.37. The van der Waals surface area contributed by atoms with E-state index in [0.29, 0.717) is 6.61 Å². The molecule has 1 unspecified atom stereocenters. The van der Waals surface area contributed by atoms with E-state index in [4.69, 9.17) is 10.6 Å². The fourth-order valence-electron chi connectivity index (χ4n) is 2.44. The van der Waals surface area contributed by atoms with E-state index in [1.807, 2.05) is 26.1 Å². The number of hydrogen-bond acceptors (Lipinski definition) is 4. The van der Waals surface area contributed by atoms with Crippen molar-refractivity contribution in [1.82, 2.24) is 10.4 Å². The lowest BCUT2D eigenvalue weighted by Crippen LogP contribution is -2.48. The van der Waals surface area contributed by atoms with Crippen LogP contribution in [0.25, 0.3) is 0 Å². The van der Waals surface area contributed by atoms with E-state index in [-0.39, 0.29) is 11.6 Å². The number of nitrogens with zero attached hydrogens (tertiary/aromatic N) is 1. The van der Waals surface area contributed by atoms with Gasteiger partial charge in [0.2, 0.25) is 0 Å². The maximum atomic E-state index is 6.00. The van der Waals surface area contributed by atoms with Crippen molar-refractivity contribution < 1.29 is 4.74 Å². The van der Waals surface area contributed by atoms with E-state index in [2.05, 4.69) is 30.3 Å². The predicted molar refractivity (Wildman–Crippen MR) is 74.0 cm³/mol. The second kappa shape index (κ2) is 6.83. The number of hydrogen-bond donors (Lipinski definition) is 2. The van der Waals surface area contributed by atoms with Crippen LogP contribution >= 0.6 is 0 Å². The van der Waals surface area contributed by atoms with Crippen LogP contribution in [-0.4, -0.2) is 17.2 Å². The first-order valence-corrected chi connectivity index (χ1v) is 6.66. The first kappa shape index (κ1) is 15.1. The molecule has 3 N–H and O–H groups in total. The summed E-state index contributed by atoms with van der Waals surface area (Å²) in [4.78, 5) is 4.34. The Kier molecular flexibility index (Phi) is 5.72. The first-order valence-electron chi connectivity index (χ1n) is 6.66. The van der Waals surface area contributed by atoms with Crippen LogP contribution in [0.3, 0.4) is 0 Å². The molecule has 0 aliphatic carbocycles. The van der Waals surface area contributed by atoms with Crippen molar-refractivity contribution in [3.63, 3.8) is 0 Å². The standard InChI is InChI=1S/C14H25N3O/c1-5-14(6-2,18-7-3)13(17-15)12-9-8-11(4)16-10-12/h8-10,13,17H,5-7,15H2,1-4H3. The van der Waals surface area contributed by atoms with Crippen molar-refractivity contribution >= 4 is 0 Å². The maximum absolute atomic E-state index is 6.00. The second-order valence-electron chi connectivity index (χ2n) is 4.54. The highest BCUT2D eigenvalue weighted by Crippen LogP contribution is 2.34. The number of aryl methyl sites for hydroxylation is 1. The SMILES string of the molecule is CCOC(CC)(CC)C(NN)c1ccc(C)nc1. The molecule has 0 fully saturated rings. The molecule has 0 radical (unpaired) electrons. The number of ether oxygens (including phenoxy) is 1. The number of rotatable bonds is 7. The molecule has 0 aliphatic heterocycles. The molecule has 0 amide bonds. The smallest absolute Gasteiger partial charge is 0.0884 e. The van der Waals surface area contributed by atoms with Gasteiger partial charge in [-0.2, -0.15) is 0 Å². The Labute approximate surface area is 110 Å². The predicted octanol–water partition coefficient (Wildman–Crippen LogP) is 2.49. The summed E-state index contributed by atoms with van der Waals surface area (Å²) in [6.07, 6.45) is 3.68. The van der Waals surface area contributed by atoms with Crippen molar-refractivity contribution in [2.45, 2.75) is 52.2 Å². The fourth-order valence-corrected chi connectivity index (χ4v) is 2.44. The molecule has 0 saturated heterocycles. The van der Waals surface area contributed by atoms with Crippen LogP contribution in [0.5, 0.6) is 0 Å². The van der Waals surface area contributed by atoms with Crippen LogP contribution in [0.1, 0.15) is 50.9 Å². The van der Waals surface area contributed by atoms with Crippen LogP contribution < -0.4 is 11.3 Å². The summed E-state index contributed by atoms with van der Waals surface area (Å²) in [6.45, 7) is 8.93. The summed E-state index contributed by atoms with van der Waals surface area (Å²) in [5.41, 5.74) is 4.70. The van der Waals surface area contributed by atoms with Crippen LogP contribution in [0.2, 0.25) is 0 Å². The van der Waals surface area contributed by atoms with Gasteiger partial charge in [-0.25, -0.2) is 0 Å². The summed E-state index contributed by atoms with van der Waals surface area (Å²) in [5.74, 6) is 5.75. The van der Waals surface area contributed by atoms with Gasteiger partial charge in [0, 0.05) is 18.5 Å². The Bertz CT molecular complexity index is 347. The number of hydrazine groups is 1. The Hall–Kier alpha value is -0.970. The molecule has 1 aromatic rings. The third-order valence-electron chi connectivity index (χ3n) is 3.59. The summed E-state index contributed by atoms with van der Waals surface area (Å²) in [6, 6.07) is 4.02. The van der Waals surface area contributed by atoms with Crippen LogP contribution in [0, 0.1) is 6.92 Å². The highest BCUT2D eigenvalue weighted by atomic mass is 16.5. The second-order valence-corrected chi connectivity index (χ2v) is 4.54. The fraction of sp³-hybridized carbons (Fsp3) is 0.643. The van der Waals surface area contributed by atoms with Crippen molar-refractivity contribution in [3.05, 3.63) is 29.6 Å². The lowest BCUT2D eigenvalue weighted by Gasteiger charge is -2.39. The molecule has 0 aromatic carbocycles. The molecule has 102 valence electrons. The van der Waals surface area contributed by atoms with Gasteiger partial charge in [0.15, 0.2) is 0 Å². The number of nitrogens with one attached hydrogen (secondary N) is 1. The monoisotopic (exact) mass is 251 g/mol. The zero-order valence-corrected chi connectivity index (χ0v) is 11.9. The summed E-state index contributed by atoms with van der Waals surface area (Å²) >= 11 is 0. The van der Waals surface area contributed by atoms with Crippen LogP contribution in [-0.2, 0) is 4.74 Å². The minimum Gasteiger partial charge on any atom is -0.373 e. The van der Waals surface area contributed by atoms with Crippen molar-refractivity contribution in [3.8, 4) is 0 Å². The minimum absolute atomic E-state index is 0.0412. The first-order chi connectivity index (χ1) is 8.63. The molecular weight excluding hydrogens is 226 g/mol. The average Bonchev–Trinajstić information content (AvgIpc) is 2.40. The van der Waals surface area contributed by atoms with Gasteiger partial charge in [-0.05, 0) is 38.3 Å². The topological polar surface area (TPSA) is 60.2 Å². The number of pyridine rings is 1. The lowest BCUT2D eigenvalue weighted by molar-refractivity contribution is -0.0734. The van der Waals surface area contributed by atoms with E-state index in [0.717, 1.165) is 24.1 Å². The summed E-state index contributed by atoms with van der Waals surface area (Å²) < 4.78 is 6.00. The molecule has 4 heteroatoms. The van der Waals surface area contributed by atoms with E-state index < -0.39 is 0 Å². The van der Waals surface area contributed by atoms with Gasteiger partial charge < -0.3 is 4.74 Å². The molecule has 4 nitrogen and oxygen atoms in total. The van der Waals surface area contributed by atoms with Gasteiger partial charge in [0.25, 0.3) is 0 Å². The molecule has 0 aliphatic rings. The molecule has 1 aromatic heterocycles. The summed E-state index contributed by atoms with van der Waals surface area (Å²) in [7, 11) is 0. The average molecular weight is 251 g/mol. The van der Waals surface area contributed by atoms with E-state index in [1.165, 1.54) is 0 Å². The van der Waals surface area contributed by atoms with Gasteiger partial charge in [0.05, 0.1) is 11.6 Å². The summed E-state index contributed by atoms with van der Waals surface area (Å²) in [5, 5.41) is 0. The molecule has 18 heavy (non-hydrogen) atoms. The molecule has 1 atom stereocenters. The molecule has 0 bridgehead atoms. The van der Waals surface area contributed by atoms with Crippen molar-refractivity contribution in [1.29, 1.82) is 0 Å². The van der Waals surface area contributed by atoms with E-state index >= 15 is 0 Å². The molecule has 1 heterocycles. The van der Waals surface area contributed by atoms with Gasteiger partial charge in [-0.1, -0.05) is 19.9 Å². The molecule has 0 spiro atoms. The third-order valence-corrected chi connectivity index (χ3v) is 3.59. The lowest BCUT2D eigenvalue weighted by atomic mass is 9.84. The highest BCUT2D eigenvalue weighted by molar-refractivity contribution is 5.20. The Morgan fingerprint density at radius 2 is 2.00 bits per heavy atom. The van der Waals surface area contributed by atoms with Gasteiger partial charge in [-0.15, -0.1) is 0 Å². The quantitative estimate of drug-likeness (QED) is 0.577. The normalized spacial score (nSPS) is 13.6. The Morgan fingerprint density at radius 1 is 1.33 bits per heavy atom. The third kappa shape index (κ3) is 3.07. The molecule has 1 rings (SSSR count).